The van der Waals surface area contributed by atoms with E-state index in [9.17, 15) is 28.8 Å². The van der Waals surface area contributed by atoms with Gasteiger partial charge >= 0.3 is 0 Å². The lowest BCUT2D eigenvalue weighted by Gasteiger charge is -2.18. The van der Waals surface area contributed by atoms with Crippen LogP contribution in [0, 0.1) is 23.7 Å². The average Bonchev–Trinajstić information content (AvgIpc) is 4.38. The maximum absolute atomic E-state index is 14.2. The highest BCUT2D eigenvalue weighted by molar-refractivity contribution is 5.99. The molecule has 12 heteroatoms. The highest BCUT2D eigenvalue weighted by Gasteiger charge is 2.51. The molecular weight excluding hydrogens is 925 g/mol. The number of nitrogens with zero attached hydrogens (tertiary/aromatic N) is 2. The fourth-order valence-corrected chi connectivity index (χ4v) is 11.8. The summed E-state index contributed by atoms with van der Waals surface area (Å²) in [6, 6.07) is 54.9. The molecule has 0 aromatic heterocycles. The van der Waals surface area contributed by atoms with Crippen molar-refractivity contribution in [2.24, 2.45) is 23.7 Å². The lowest BCUT2D eigenvalue weighted by Crippen LogP contribution is -2.43. The normalized spacial score (nSPS) is 28.1. The molecular formula is C62H60N6O6. The van der Waals surface area contributed by atoms with Crippen molar-refractivity contribution >= 4 is 35.4 Å². The average molecular weight is 985 g/mol. The molecule has 6 aromatic carbocycles. The lowest BCUT2D eigenvalue weighted by molar-refractivity contribution is -0.133. The van der Waals surface area contributed by atoms with Gasteiger partial charge in [-0.1, -0.05) is 146 Å². The first-order valence-electron chi connectivity index (χ1n) is 26.3. The molecule has 6 aromatic rings. The number of likely N-dealkylation sites (tertiary alicyclic amines) is 2. The number of rotatable bonds is 15. The van der Waals surface area contributed by atoms with Gasteiger partial charge in [-0.15, -0.1) is 0 Å². The molecule has 2 saturated heterocycles. The summed E-state index contributed by atoms with van der Waals surface area (Å²) in [5, 5.41) is 12.8. The van der Waals surface area contributed by atoms with Gasteiger partial charge in [0.15, 0.2) is 0 Å². The number of nitrogens with one attached hydrogen (secondary N) is 4. The third-order valence-electron chi connectivity index (χ3n) is 16.5. The molecule has 74 heavy (non-hydrogen) atoms. The van der Waals surface area contributed by atoms with Crippen molar-refractivity contribution in [1.82, 2.24) is 31.1 Å². The van der Waals surface area contributed by atoms with E-state index in [4.69, 9.17) is 0 Å². The van der Waals surface area contributed by atoms with Gasteiger partial charge in [-0.3, -0.25) is 28.8 Å². The van der Waals surface area contributed by atoms with Crippen LogP contribution in [-0.4, -0.2) is 95.6 Å². The van der Waals surface area contributed by atoms with E-state index in [2.05, 4.69) is 69.8 Å². The van der Waals surface area contributed by atoms with Crippen molar-refractivity contribution in [2.45, 2.75) is 73.5 Å². The van der Waals surface area contributed by atoms with Gasteiger partial charge in [0.2, 0.25) is 23.6 Å². The van der Waals surface area contributed by atoms with Crippen LogP contribution in [0.1, 0.15) is 92.3 Å². The van der Waals surface area contributed by atoms with Crippen LogP contribution in [0.3, 0.4) is 0 Å². The summed E-state index contributed by atoms with van der Waals surface area (Å²) in [5.74, 6) is -3.16. The molecule has 2 heterocycles. The zero-order chi connectivity index (χ0) is 50.5. The highest BCUT2D eigenvalue weighted by atomic mass is 16.2. The molecule has 4 aliphatic carbocycles. The molecule has 4 saturated carbocycles. The van der Waals surface area contributed by atoms with Gasteiger partial charge in [0.1, 0.15) is 0 Å². The summed E-state index contributed by atoms with van der Waals surface area (Å²) in [5.41, 5.74) is 7.26. The SMILES string of the molecule is O=C(N[C@H]1C[C@@H]1c1ccccc1)[C@@H]1CN(C(=O)c2ccc(-c3ccc(C(=O)N4C[C@@H](C(=O)N[C@H]5C[C@@H]5c5ccccc5)[C@H](C(=O)N[C@H]5C[C@@H]5c5ccccc5)C4)cc3)cc2)C[C@H]1C(=O)N[C@H]1C[C@@H]1c1ccccc1. The minimum absolute atomic E-state index is 0.0119. The molecule has 2 aliphatic heterocycles. The van der Waals surface area contributed by atoms with E-state index in [0.717, 1.165) is 36.8 Å². The Hall–Kier alpha value is -7.86. The number of hydrogen-bond donors (Lipinski definition) is 4. The third kappa shape index (κ3) is 9.97. The summed E-state index contributed by atoms with van der Waals surface area (Å²) in [7, 11) is 0. The second kappa shape index (κ2) is 19.9. The molecule has 6 amide bonds. The first kappa shape index (κ1) is 47.2. The van der Waals surface area contributed by atoms with E-state index in [-0.39, 0.29) is 109 Å². The van der Waals surface area contributed by atoms with E-state index in [1.807, 2.05) is 97.1 Å². The molecule has 12 atom stereocenters. The van der Waals surface area contributed by atoms with Crippen LogP contribution >= 0.6 is 0 Å². The van der Waals surface area contributed by atoms with Gasteiger partial charge in [-0.2, -0.15) is 0 Å². The Kier molecular flexibility index (Phi) is 12.7. The molecule has 0 spiro atoms. The Balaban J connectivity index is 0.695. The second-order valence-corrected chi connectivity index (χ2v) is 21.5. The molecule has 0 bridgehead atoms. The number of carbonyl (C=O) groups excluding carboxylic acids is 6. The van der Waals surface area contributed by atoms with Crippen LogP contribution < -0.4 is 21.3 Å². The van der Waals surface area contributed by atoms with Gasteiger partial charge in [-0.05, 0) is 83.3 Å². The molecule has 6 fully saturated rings. The second-order valence-electron chi connectivity index (χ2n) is 21.5. The van der Waals surface area contributed by atoms with Crippen LogP contribution in [0.25, 0.3) is 11.1 Å². The third-order valence-corrected chi connectivity index (χ3v) is 16.5. The number of amides is 6. The maximum Gasteiger partial charge on any atom is 0.253 e. The number of benzene rings is 6. The number of hydrogen-bond acceptors (Lipinski definition) is 6. The predicted octanol–water partition coefficient (Wildman–Crippen LogP) is 7.42. The molecule has 12 nitrogen and oxygen atoms in total. The van der Waals surface area contributed by atoms with Crippen LogP contribution in [0.5, 0.6) is 0 Å². The molecule has 12 rings (SSSR count). The quantitative estimate of drug-likeness (QED) is 0.0840. The largest absolute Gasteiger partial charge is 0.352 e. The van der Waals surface area contributed by atoms with Gasteiger partial charge in [0.05, 0.1) is 23.7 Å². The van der Waals surface area contributed by atoms with Crippen LogP contribution in [0.15, 0.2) is 170 Å². The summed E-state index contributed by atoms with van der Waals surface area (Å²) in [6.45, 7) is 0.531. The Morgan fingerprint density at radius 3 is 0.770 bits per heavy atom. The van der Waals surface area contributed by atoms with Crippen LogP contribution in [0.2, 0.25) is 0 Å². The Bertz CT molecular complexity index is 2710. The van der Waals surface area contributed by atoms with Crippen LogP contribution in [-0.2, 0) is 19.2 Å². The maximum atomic E-state index is 14.2. The molecule has 4 N–H and O–H groups in total. The molecule has 0 unspecified atom stereocenters. The standard InChI is InChI=1S/C62H60N6O6/c69-57(63-53-29-45(53)39-13-5-1-6-14-39)49-33-67(34-50(49)58(70)64-54-30-46(54)40-15-7-2-8-16-40)61(73)43-25-21-37(22-26-43)38-23-27-44(28-24-38)62(74)68-35-51(59(71)65-55-31-47(55)41-17-9-3-10-18-41)52(36-68)60(72)66-56-32-48(56)42-19-11-4-12-20-42/h1-28,45-56H,29-36H2,(H,63,69)(H,64,70)(H,65,71)(H,66,72)/t45-,46-,47-,48-,49-,50-,51-,52-,53+,54+,55+,56+/m1/s1. The fraction of sp³-hybridized carbons (Fsp3) is 0.323. The first-order chi connectivity index (χ1) is 36.1. The van der Waals surface area contributed by atoms with Crippen LogP contribution in [0.4, 0.5) is 0 Å². The van der Waals surface area contributed by atoms with E-state index < -0.39 is 23.7 Å². The van der Waals surface area contributed by atoms with Crippen molar-refractivity contribution in [3.8, 4) is 11.1 Å². The van der Waals surface area contributed by atoms with E-state index in [1.165, 1.54) is 22.3 Å². The Morgan fingerprint density at radius 1 is 0.311 bits per heavy atom. The minimum atomic E-state index is -0.692. The van der Waals surface area contributed by atoms with Gasteiger partial charge in [0, 0.05) is 85.1 Å². The lowest BCUT2D eigenvalue weighted by atomic mass is 9.94. The zero-order valence-electron chi connectivity index (χ0n) is 41.1. The van der Waals surface area contributed by atoms with Gasteiger partial charge in [0.25, 0.3) is 11.8 Å². The smallest absolute Gasteiger partial charge is 0.253 e. The monoisotopic (exact) mass is 984 g/mol. The molecule has 6 aliphatic rings. The van der Waals surface area contributed by atoms with Crippen molar-refractivity contribution in [1.29, 1.82) is 0 Å². The van der Waals surface area contributed by atoms with Gasteiger partial charge in [-0.25, -0.2) is 0 Å². The summed E-state index contributed by atoms with van der Waals surface area (Å²) in [6.07, 6.45) is 3.34. The van der Waals surface area contributed by atoms with E-state index in [0.29, 0.717) is 11.1 Å². The minimum Gasteiger partial charge on any atom is -0.352 e. The van der Waals surface area contributed by atoms with E-state index in [1.54, 1.807) is 34.1 Å². The fourth-order valence-electron chi connectivity index (χ4n) is 11.8. The van der Waals surface area contributed by atoms with Gasteiger partial charge < -0.3 is 31.1 Å². The summed E-state index contributed by atoms with van der Waals surface area (Å²) >= 11 is 0. The number of carbonyl (C=O) groups is 6. The first-order valence-corrected chi connectivity index (χ1v) is 26.3. The van der Waals surface area contributed by atoms with E-state index >= 15 is 0 Å². The zero-order valence-corrected chi connectivity index (χ0v) is 41.1. The summed E-state index contributed by atoms with van der Waals surface area (Å²) < 4.78 is 0. The van der Waals surface area contributed by atoms with Crippen molar-refractivity contribution in [2.75, 3.05) is 26.2 Å². The van der Waals surface area contributed by atoms with Crippen molar-refractivity contribution in [3.63, 3.8) is 0 Å². The molecule has 374 valence electrons. The topological polar surface area (TPSA) is 157 Å². The highest BCUT2D eigenvalue weighted by Crippen LogP contribution is 2.45. The Labute approximate surface area is 431 Å². The predicted molar refractivity (Wildman–Crippen MR) is 281 cm³/mol. The van der Waals surface area contributed by atoms with Crippen molar-refractivity contribution < 1.29 is 28.8 Å². The van der Waals surface area contributed by atoms with Crippen molar-refractivity contribution in [3.05, 3.63) is 203 Å². The molecule has 0 radical (unpaired) electrons. The Morgan fingerprint density at radius 2 is 0.541 bits per heavy atom. The summed E-state index contributed by atoms with van der Waals surface area (Å²) in [4.78, 5) is 87.6.